The van der Waals surface area contributed by atoms with Gasteiger partial charge in [-0.1, -0.05) is 6.92 Å². The van der Waals surface area contributed by atoms with Gasteiger partial charge < -0.3 is 10.2 Å². The SMILES string of the molecule is CCc1cc(C(=O)N(C)c2ccncc2)cc(NC)n1. The zero-order valence-corrected chi connectivity index (χ0v) is 11.9. The molecule has 0 aromatic carbocycles. The van der Waals surface area contributed by atoms with Crippen molar-refractivity contribution in [3.8, 4) is 0 Å². The summed E-state index contributed by atoms with van der Waals surface area (Å²) in [5.74, 6) is 0.639. The third-order valence-electron chi connectivity index (χ3n) is 3.10. The van der Waals surface area contributed by atoms with Gasteiger partial charge in [0.15, 0.2) is 0 Å². The maximum Gasteiger partial charge on any atom is 0.258 e. The number of pyridine rings is 2. The first-order valence-electron chi connectivity index (χ1n) is 6.52. The number of hydrogen-bond acceptors (Lipinski definition) is 4. The van der Waals surface area contributed by atoms with E-state index in [-0.39, 0.29) is 5.91 Å². The second kappa shape index (κ2) is 6.14. The fourth-order valence-corrected chi connectivity index (χ4v) is 1.90. The summed E-state index contributed by atoms with van der Waals surface area (Å²) in [6.07, 6.45) is 4.12. The molecule has 0 saturated carbocycles. The van der Waals surface area contributed by atoms with Crippen LogP contribution in [-0.2, 0) is 6.42 Å². The number of anilines is 2. The minimum absolute atomic E-state index is 0.0650. The molecule has 0 saturated heterocycles. The van der Waals surface area contributed by atoms with Gasteiger partial charge in [0.05, 0.1) is 0 Å². The van der Waals surface area contributed by atoms with Crippen LogP contribution < -0.4 is 10.2 Å². The van der Waals surface area contributed by atoms with E-state index in [9.17, 15) is 4.79 Å². The maximum atomic E-state index is 12.5. The minimum atomic E-state index is -0.0650. The van der Waals surface area contributed by atoms with Gasteiger partial charge in [0.25, 0.3) is 5.91 Å². The van der Waals surface area contributed by atoms with Crippen molar-refractivity contribution in [3.05, 3.63) is 47.9 Å². The molecule has 0 atom stereocenters. The van der Waals surface area contributed by atoms with Crippen LogP contribution in [0.5, 0.6) is 0 Å². The van der Waals surface area contributed by atoms with Gasteiger partial charge in [-0.2, -0.15) is 0 Å². The molecule has 20 heavy (non-hydrogen) atoms. The molecule has 2 heterocycles. The quantitative estimate of drug-likeness (QED) is 0.926. The zero-order chi connectivity index (χ0) is 14.5. The molecule has 5 heteroatoms. The lowest BCUT2D eigenvalue weighted by molar-refractivity contribution is 0.0993. The van der Waals surface area contributed by atoms with Gasteiger partial charge in [0.2, 0.25) is 0 Å². The topological polar surface area (TPSA) is 58.1 Å². The van der Waals surface area contributed by atoms with Crippen LogP contribution >= 0.6 is 0 Å². The fourth-order valence-electron chi connectivity index (χ4n) is 1.90. The number of aromatic nitrogens is 2. The summed E-state index contributed by atoms with van der Waals surface area (Å²) in [6, 6.07) is 7.21. The normalized spacial score (nSPS) is 10.2. The molecule has 1 N–H and O–H groups in total. The van der Waals surface area contributed by atoms with Crippen LogP contribution in [0.25, 0.3) is 0 Å². The number of hydrogen-bond donors (Lipinski definition) is 1. The van der Waals surface area contributed by atoms with Crippen molar-refractivity contribution in [3.63, 3.8) is 0 Å². The third kappa shape index (κ3) is 2.93. The lowest BCUT2D eigenvalue weighted by Gasteiger charge is -2.18. The van der Waals surface area contributed by atoms with Crippen LogP contribution in [0.15, 0.2) is 36.7 Å². The molecule has 2 aromatic heterocycles. The Morgan fingerprint density at radius 2 is 2.00 bits per heavy atom. The molecular formula is C15H18N4O. The Labute approximate surface area is 118 Å². The molecule has 0 fully saturated rings. The smallest absolute Gasteiger partial charge is 0.258 e. The molecule has 0 aliphatic heterocycles. The molecule has 0 bridgehead atoms. The summed E-state index contributed by atoms with van der Waals surface area (Å²) in [4.78, 5) is 22.5. The number of rotatable bonds is 4. The highest BCUT2D eigenvalue weighted by molar-refractivity contribution is 6.06. The van der Waals surface area contributed by atoms with Gasteiger partial charge in [0.1, 0.15) is 5.82 Å². The molecule has 0 unspecified atom stereocenters. The Morgan fingerprint density at radius 1 is 1.30 bits per heavy atom. The Hall–Kier alpha value is -2.43. The van der Waals surface area contributed by atoms with Crippen LogP contribution in [-0.4, -0.2) is 30.0 Å². The molecule has 1 amide bonds. The number of carbonyl (C=O) groups excluding carboxylic acids is 1. The summed E-state index contributed by atoms with van der Waals surface area (Å²) >= 11 is 0. The predicted octanol–water partition coefficient (Wildman–Crippen LogP) is 2.36. The second-order valence-corrected chi connectivity index (χ2v) is 4.41. The van der Waals surface area contributed by atoms with E-state index in [4.69, 9.17) is 0 Å². The van der Waals surface area contributed by atoms with E-state index in [2.05, 4.69) is 15.3 Å². The molecule has 2 rings (SSSR count). The summed E-state index contributed by atoms with van der Waals surface area (Å²) in [6.45, 7) is 2.02. The third-order valence-corrected chi connectivity index (χ3v) is 3.10. The molecule has 5 nitrogen and oxygen atoms in total. The highest BCUT2D eigenvalue weighted by Crippen LogP contribution is 2.17. The van der Waals surface area contributed by atoms with E-state index in [0.29, 0.717) is 11.4 Å². The largest absolute Gasteiger partial charge is 0.373 e. The van der Waals surface area contributed by atoms with Gasteiger partial charge >= 0.3 is 0 Å². The van der Waals surface area contributed by atoms with Crippen molar-refractivity contribution >= 4 is 17.4 Å². The highest BCUT2D eigenvalue weighted by Gasteiger charge is 2.15. The first-order valence-corrected chi connectivity index (χ1v) is 6.52. The molecule has 0 radical (unpaired) electrons. The van der Waals surface area contributed by atoms with Gasteiger partial charge in [0, 0.05) is 43.4 Å². The summed E-state index contributed by atoms with van der Waals surface area (Å²) in [7, 11) is 3.55. The van der Waals surface area contributed by atoms with Gasteiger partial charge in [-0.25, -0.2) is 4.98 Å². The number of carbonyl (C=O) groups is 1. The molecule has 2 aromatic rings. The lowest BCUT2D eigenvalue weighted by atomic mass is 10.1. The average molecular weight is 270 g/mol. The van der Waals surface area contributed by atoms with E-state index in [1.807, 2.05) is 13.0 Å². The fraction of sp³-hybridized carbons (Fsp3) is 0.267. The van der Waals surface area contributed by atoms with E-state index < -0.39 is 0 Å². The van der Waals surface area contributed by atoms with Crippen LogP contribution in [0.1, 0.15) is 23.0 Å². The van der Waals surface area contributed by atoms with Crippen LogP contribution in [0, 0.1) is 0 Å². The Balaban J connectivity index is 2.33. The summed E-state index contributed by atoms with van der Waals surface area (Å²) < 4.78 is 0. The Morgan fingerprint density at radius 3 is 2.60 bits per heavy atom. The maximum absolute atomic E-state index is 12.5. The first-order chi connectivity index (χ1) is 9.65. The predicted molar refractivity (Wildman–Crippen MR) is 80.1 cm³/mol. The summed E-state index contributed by atoms with van der Waals surface area (Å²) in [5.41, 5.74) is 2.33. The van der Waals surface area contributed by atoms with Crippen molar-refractivity contribution in [1.82, 2.24) is 9.97 Å². The Kier molecular flexibility index (Phi) is 4.30. The number of aryl methyl sites for hydroxylation is 1. The van der Waals surface area contributed by atoms with Crippen molar-refractivity contribution in [2.45, 2.75) is 13.3 Å². The van der Waals surface area contributed by atoms with Crippen molar-refractivity contribution in [2.24, 2.45) is 0 Å². The molecular weight excluding hydrogens is 252 g/mol. The first kappa shape index (κ1) is 14.0. The molecule has 0 spiro atoms. The van der Waals surface area contributed by atoms with E-state index in [1.54, 1.807) is 49.6 Å². The van der Waals surface area contributed by atoms with Gasteiger partial charge in [-0.05, 0) is 30.7 Å². The van der Waals surface area contributed by atoms with Crippen LogP contribution in [0.2, 0.25) is 0 Å². The molecule has 0 aliphatic rings. The monoisotopic (exact) mass is 270 g/mol. The number of nitrogens with zero attached hydrogens (tertiary/aromatic N) is 3. The molecule has 0 aliphatic carbocycles. The minimum Gasteiger partial charge on any atom is -0.373 e. The van der Waals surface area contributed by atoms with Crippen molar-refractivity contribution in [2.75, 3.05) is 24.3 Å². The van der Waals surface area contributed by atoms with Crippen LogP contribution in [0.4, 0.5) is 11.5 Å². The Bertz CT molecular complexity index is 576. The van der Waals surface area contributed by atoms with E-state index in [0.717, 1.165) is 17.8 Å². The van der Waals surface area contributed by atoms with Crippen molar-refractivity contribution in [1.29, 1.82) is 0 Å². The van der Waals surface area contributed by atoms with Gasteiger partial charge in [-0.15, -0.1) is 0 Å². The second-order valence-electron chi connectivity index (χ2n) is 4.41. The van der Waals surface area contributed by atoms with Crippen LogP contribution in [0.3, 0.4) is 0 Å². The van der Waals surface area contributed by atoms with E-state index >= 15 is 0 Å². The zero-order valence-electron chi connectivity index (χ0n) is 11.9. The standard InChI is InChI=1S/C15H18N4O/c1-4-12-9-11(10-14(16-2)18-12)15(20)19(3)13-5-7-17-8-6-13/h5-10H,4H2,1-3H3,(H,16,18). The average Bonchev–Trinajstić information content (AvgIpc) is 2.53. The molecule has 104 valence electrons. The van der Waals surface area contributed by atoms with Crippen molar-refractivity contribution < 1.29 is 4.79 Å². The lowest BCUT2D eigenvalue weighted by Crippen LogP contribution is -2.26. The number of nitrogens with one attached hydrogen (secondary N) is 1. The summed E-state index contributed by atoms with van der Waals surface area (Å²) in [5, 5.41) is 2.98. The van der Waals surface area contributed by atoms with E-state index in [1.165, 1.54) is 0 Å². The highest BCUT2D eigenvalue weighted by atomic mass is 16.2. The number of amides is 1. The van der Waals surface area contributed by atoms with Gasteiger partial charge in [-0.3, -0.25) is 9.78 Å².